The lowest BCUT2D eigenvalue weighted by Crippen LogP contribution is -2.06. The summed E-state index contributed by atoms with van der Waals surface area (Å²) in [7, 11) is 1.19. The Morgan fingerprint density at radius 2 is 2.00 bits per heavy atom. The minimum atomic E-state index is -0.920. The van der Waals surface area contributed by atoms with Crippen LogP contribution in [0.2, 0.25) is 0 Å². The first-order valence-corrected chi connectivity index (χ1v) is 3.94. The Morgan fingerprint density at radius 1 is 1.36 bits per heavy atom. The molecule has 14 heavy (non-hydrogen) atoms. The van der Waals surface area contributed by atoms with Gasteiger partial charge in [0.2, 0.25) is 5.76 Å². The van der Waals surface area contributed by atoms with Gasteiger partial charge in [-0.05, 0) is 11.6 Å². The van der Waals surface area contributed by atoms with Crippen molar-refractivity contribution in [3.63, 3.8) is 0 Å². The first kappa shape index (κ1) is 10.3. The number of aliphatic hydroxyl groups excluding tert-OH is 1. The van der Waals surface area contributed by atoms with Gasteiger partial charge >= 0.3 is 5.97 Å². The second-order valence-electron chi connectivity index (χ2n) is 2.48. The van der Waals surface area contributed by atoms with E-state index in [1.54, 1.807) is 24.3 Å². The van der Waals surface area contributed by atoms with Gasteiger partial charge in [-0.3, -0.25) is 4.89 Å². The predicted molar refractivity (Wildman–Crippen MR) is 50.1 cm³/mol. The molecule has 0 heterocycles. The summed E-state index contributed by atoms with van der Waals surface area (Å²) < 4.78 is 0. The highest BCUT2D eigenvalue weighted by molar-refractivity contribution is 5.90. The van der Waals surface area contributed by atoms with Crippen molar-refractivity contribution >= 4 is 12.0 Å². The van der Waals surface area contributed by atoms with E-state index in [0.29, 0.717) is 5.56 Å². The van der Waals surface area contributed by atoms with Gasteiger partial charge in [0, 0.05) is 0 Å². The Labute approximate surface area is 81.3 Å². The lowest BCUT2D eigenvalue weighted by atomic mass is 10.2. The minimum absolute atomic E-state index is 0.502. The first-order valence-electron chi connectivity index (χ1n) is 3.94. The molecule has 0 radical (unpaired) electrons. The van der Waals surface area contributed by atoms with E-state index in [1.165, 1.54) is 13.2 Å². The zero-order valence-corrected chi connectivity index (χ0v) is 7.64. The summed E-state index contributed by atoms with van der Waals surface area (Å²) in [5.74, 6) is -1.42. The fourth-order valence-corrected chi connectivity index (χ4v) is 0.884. The zero-order valence-electron chi connectivity index (χ0n) is 7.64. The summed E-state index contributed by atoms with van der Waals surface area (Å²) in [6.45, 7) is 0. The zero-order chi connectivity index (χ0) is 10.4. The second-order valence-corrected chi connectivity index (χ2v) is 2.48. The molecule has 1 aromatic rings. The molecule has 0 spiro atoms. The second kappa shape index (κ2) is 5.04. The fourth-order valence-electron chi connectivity index (χ4n) is 0.884. The Balaban J connectivity index is 2.74. The van der Waals surface area contributed by atoms with Crippen molar-refractivity contribution in [1.82, 2.24) is 0 Å². The summed E-state index contributed by atoms with van der Waals surface area (Å²) in [4.78, 5) is 19.1. The molecule has 0 aliphatic carbocycles. The van der Waals surface area contributed by atoms with E-state index in [9.17, 15) is 9.90 Å². The number of carbonyl (C=O) groups is 1. The van der Waals surface area contributed by atoms with Gasteiger partial charge in [-0.25, -0.2) is 4.79 Å². The molecule has 4 nitrogen and oxygen atoms in total. The van der Waals surface area contributed by atoms with Crippen LogP contribution in [-0.4, -0.2) is 18.2 Å². The molecule has 0 unspecified atom stereocenters. The molecule has 0 atom stereocenters. The number of benzene rings is 1. The summed E-state index contributed by atoms with van der Waals surface area (Å²) in [5, 5.41) is 9.21. The van der Waals surface area contributed by atoms with Crippen LogP contribution < -0.4 is 0 Å². The van der Waals surface area contributed by atoms with E-state index in [0.717, 1.165) is 0 Å². The van der Waals surface area contributed by atoms with Crippen molar-refractivity contribution in [1.29, 1.82) is 0 Å². The quantitative estimate of drug-likeness (QED) is 0.344. The van der Waals surface area contributed by atoms with Gasteiger partial charge in [0.15, 0.2) is 0 Å². The maximum Gasteiger partial charge on any atom is 0.407 e. The van der Waals surface area contributed by atoms with E-state index in [2.05, 4.69) is 9.78 Å². The Morgan fingerprint density at radius 3 is 2.57 bits per heavy atom. The van der Waals surface area contributed by atoms with E-state index in [1.807, 2.05) is 6.07 Å². The summed E-state index contributed by atoms with van der Waals surface area (Å²) in [5.41, 5.74) is 0.707. The van der Waals surface area contributed by atoms with Crippen LogP contribution in [0, 0.1) is 0 Å². The van der Waals surface area contributed by atoms with Crippen molar-refractivity contribution < 1.29 is 19.7 Å². The molecule has 1 aromatic carbocycles. The topological polar surface area (TPSA) is 55.8 Å². The standard InChI is InChI=1S/C10H10O4/c1-13-14-10(12)9(11)7-8-5-3-2-4-6-8/h2-7,11H,1H3. The van der Waals surface area contributed by atoms with E-state index >= 15 is 0 Å². The molecule has 0 fully saturated rings. The highest BCUT2D eigenvalue weighted by Crippen LogP contribution is 2.05. The molecule has 1 rings (SSSR count). The van der Waals surface area contributed by atoms with E-state index < -0.39 is 11.7 Å². The SMILES string of the molecule is COOC(=O)C(O)=Cc1ccccc1. The van der Waals surface area contributed by atoms with Gasteiger partial charge in [-0.15, -0.1) is 0 Å². The largest absolute Gasteiger partial charge is 0.502 e. The fraction of sp³-hybridized carbons (Fsp3) is 0.100. The maximum atomic E-state index is 10.9. The molecule has 0 bridgehead atoms. The normalized spacial score (nSPS) is 11.1. The average molecular weight is 194 g/mol. The number of hydrogen-bond donors (Lipinski definition) is 1. The Bertz CT molecular complexity index is 329. The molecular formula is C10H10O4. The smallest absolute Gasteiger partial charge is 0.407 e. The van der Waals surface area contributed by atoms with Crippen LogP contribution in [0.3, 0.4) is 0 Å². The summed E-state index contributed by atoms with van der Waals surface area (Å²) in [6, 6.07) is 8.91. The maximum absolute atomic E-state index is 10.9. The van der Waals surface area contributed by atoms with Crippen molar-refractivity contribution in [2.45, 2.75) is 0 Å². The van der Waals surface area contributed by atoms with Gasteiger partial charge in [0.25, 0.3) is 0 Å². The average Bonchev–Trinajstić information content (AvgIpc) is 2.19. The van der Waals surface area contributed by atoms with Gasteiger partial charge in [0.1, 0.15) is 0 Å². The van der Waals surface area contributed by atoms with Crippen LogP contribution in [0.25, 0.3) is 6.08 Å². The Hall–Kier alpha value is -1.81. The van der Waals surface area contributed by atoms with E-state index in [-0.39, 0.29) is 0 Å². The van der Waals surface area contributed by atoms with E-state index in [4.69, 9.17) is 0 Å². The van der Waals surface area contributed by atoms with Gasteiger partial charge < -0.3 is 5.11 Å². The summed E-state index contributed by atoms with van der Waals surface area (Å²) in [6.07, 6.45) is 1.29. The van der Waals surface area contributed by atoms with Crippen LogP contribution in [-0.2, 0) is 14.6 Å². The molecule has 4 heteroatoms. The predicted octanol–water partition coefficient (Wildman–Crippen LogP) is 1.69. The van der Waals surface area contributed by atoms with Crippen molar-refractivity contribution in [2.75, 3.05) is 7.11 Å². The van der Waals surface area contributed by atoms with Gasteiger partial charge in [0.05, 0.1) is 7.11 Å². The third kappa shape index (κ3) is 2.91. The lowest BCUT2D eigenvalue weighted by molar-refractivity contribution is -0.252. The highest BCUT2D eigenvalue weighted by Gasteiger charge is 2.08. The third-order valence-electron chi connectivity index (χ3n) is 1.47. The minimum Gasteiger partial charge on any atom is -0.502 e. The molecule has 0 amide bonds. The van der Waals surface area contributed by atoms with Crippen LogP contribution in [0.4, 0.5) is 0 Å². The van der Waals surface area contributed by atoms with Crippen molar-refractivity contribution in [3.8, 4) is 0 Å². The van der Waals surface area contributed by atoms with Gasteiger partial charge in [-0.2, -0.15) is 4.89 Å². The molecule has 74 valence electrons. The lowest BCUT2D eigenvalue weighted by Gasteiger charge is -1.98. The van der Waals surface area contributed by atoms with Crippen LogP contribution in [0.1, 0.15) is 5.56 Å². The molecule has 0 aromatic heterocycles. The highest BCUT2D eigenvalue weighted by atomic mass is 17.2. The molecule has 1 N–H and O–H groups in total. The van der Waals surface area contributed by atoms with Crippen molar-refractivity contribution in [2.24, 2.45) is 0 Å². The molecule has 0 aliphatic rings. The third-order valence-corrected chi connectivity index (χ3v) is 1.47. The van der Waals surface area contributed by atoms with Crippen LogP contribution in [0.15, 0.2) is 36.1 Å². The number of carbonyl (C=O) groups excluding carboxylic acids is 1. The van der Waals surface area contributed by atoms with Crippen LogP contribution in [0.5, 0.6) is 0 Å². The molecule has 0 saturated heterocycles. The van der Waals surface area contributed by atoms with Crippen molar-refractivity contribution in [3.05, 3.63) is 41.7 Å². The first-order chi connectivity index (χ1) is 6.74. The number of aliphatic hydroxyl groups is 1. The monoisotopic (exact) mass is 194 g/mol. The van der Waals surface area contributed by atoms with Crippen LogP contribution >= 0.6 is 0 Å². The molecular weight excluding hydrogens is 184 g/mol. The summed E-state index contributed by atoms with van der Waals surface area (Å²) >= 11 is 0. The van der Waals surface area contributed by atoms with Gasteiger partial charge in [-0.1, -0.05) is 30.3 Å². The number of rotatable bonds is 3. The molecule has 0 aliphatic heterocycles. The Kier molecular flexibility index (Phi) is 3.69. The number of hydrogen-bond acceptors (Lipinski definition) is 4. The molecule has 0 saturated carbocycles.